The van der Waals surface area contributed by atoms with E-state index in [9.17, 15) is 0 Å². The summed E-state index contributed by atoms with van der Waals surface area (Å²) in [6, 6.07) is 21.0. The van der Waals surface area contributed by atoms with E-state index in [1.54, 1.807) is 6.33 Å². The van der Waals surface area contributed by atoms with Crippen LogP contribution in [0.2, 0.25) is 0 Å². The molecule has 3 heterocycles. The van der Waals surface area contributed by atoms with Gasteiger partial charge in [-0.2, -0.15) is 0 Å². The van der Waals surface area contributed by atoms with Gasteiger partial charge < -0.3 is 9.47 Å². The number of rotatable bonds is 3. The Morgan fingerprint density at radius 2 is 1.68 bits per heavy atom. The molecule has 2 aromatic carbocycles. The molecule has 28 heavy (non-hydrogen) atoms. The second kappa shape index (κ2) is 7.12. The van der Waals surface area contributed by atoms with Crippen molar-refractivity contribution < 1.29 is 0 Å². The monoisotopic (exact) mass is 368 g/mol. The maximum atomic E-state index is 4.76. The highest BCUT2D eigenvalue weighted by Crippen LogP contribution is 2.37. The van der Waals surface area contributed by atoms with Crippen molar-refractivity contribution in [3.8, 4) is 16.8 Å². The van der Waals surface area contributed by atoms with Crippen LogP contribution in [0, 0.1) is 5.92 Å². The Hall–Kier alpha value is -3.14. The summed E-state index contributed by atoms with van der Waals surface area (Å²) < 4.78 is 2.19. The summed E-state index contributed by atoms with van der Waals surface area (Å²) in [5.41, 5.74) is 4.47. The number of nitrogens with zero attached hydrogens (tertiary/aromatic N) is 4. The lowest BCUT2D eigenvalue weighted by Crippen LogP contribution is -2.35. The van der Waals surface area contributed by atoms with E-state index >= 15 is 0 Å². The first kappa shape index (κ1) is 17.0. The molecular formula is C24H24N4. The van der Waals surface area contributed by atoms with E-state index in [0.29, 0.717) is 5.92 Å². The molecule has 4 aromatic rings. The lowest BCUT2D eigenvalue weighted by Gasteiger charge is -2.32. The number of fused-ring (bicyclic) bond motifs is 1. The molecule has 0 aliphatic carbocycles. The van der Waals surface area contributed by atoms with Gasteiger partial charge in [-0.3, -0.25) is 0 Å². The molecule has 0 radical (unpaired) electrons. The largest absolute Gasteiger partial charge is 0.356 e. The van der Waals surface area contributed by atoms with E-state index in [0.717, 1.165) is 35.6 Å². The molecular weight excluding hydrogens is 344 g/mol. The molecule has 2 aromatic heterocycles. The Morgan fingerprint density at radius 3 is 2.43 bits per heavy atom. The first-order chi connectivity index (χ1) is 13.8. The van der Waals surface area contributed by atoms with Gasteiger partial charge in [0.05, 0.1) is 5.39 Å². The van der Waals surface area contributed by atoms with Crippen molar-refractivity contribution in [1.82, 2.24) is 14.5 Å². The minimum Gasteiger partial charge on any atom is -0.356 e. The van der Waals surface area contributed by atoms with Gasteiger partial charge in [-0.15, -0.1) is 0 Å². The van der Waals surface area contributed by atoms with Gasteiger partial charge in [0.2, 0.25) is 0 Å². The fourth-order valence-corrected chi connectivity index (χ4v) is 4.29. The van der Waals surface area contributed by atoms with Crippen LogP contribution in [0.25, 0.3) is 27.8 Å². The van der Waals surface area contributed by atoms with E-state index in [-0.39, 0.29) is 0 Å². The van der Waals surface area contributed by atoms with E-state index < -0.39 is 0 Å². The average molecular weight is 368 g/mol. The van der Waals surface area contributed by atoms with Gasteiger partial charge in [-0.05, 0) is 36.5 Å². The molecule has 0 N–H and O–H groups in total. The van der Waals surface area contributed by atoms with Crippen LogP contribution in [-0.2, 0) is 0 Å². The molecule has 0 amide bonds. The summed E-state index contributed by atoms with van der Waals surface area (Å²) in [4.78, 5) is 11.9. The van der Waals surface area contributed by atoms with Crippen molar-refractivity contribution in [2.24, 2.45) is 5.92 Å². The Bertz CT molecular complexity index is 1090. The van der Waals surface area contributed by atoms with Crippen LogP contribution in [0.3, 0.4) is 0 Å². The summed E-state index contributed by atoms with van der Waals surface area (Å²) in [7, 11) is 0. The SMILES string of the molecule is C[C@H]1CCCN(c2ncnc3c2c(-c2ccccc2)cn3-c2ccccc2)C1. The molecule has 0 bridgehead atoms. The van der Waals surface area contributed by atoms with Crippen LogP contribution in [0.1, 0.15) is 19.8 Å². The minimum absolute atomic E-state index is 0.690. The van der Waals surface area contributed by atoms with E-state index in [2.05, 4.69) is 77.2 Å². The van der Waals surface area contributed by atoms with Crippen molar-refractivity contribution in [2.45, 2.75) is 19.8 Å². The fraction of sp³-hybridized carbons (Fsp3) is 0.250. The smallest absolute Gasteiger partial charge is 0.150 e. The third kappa shape index (κ3) is 2.95. The predicted octanol–water partition coefficient (Wildman–Crippen LogP) is 5.32. The zero-order valence-electron chi connectivity index (χ0n) is 16.1. The number of hydrogen-bond donors (Lipinski definition) is 0. The standard InChI is InChI=1S/C24H24N4/c1-18-9-8-14-27(15-18)23-22-21(19-10-4-2-5-11-19)16-28(24(22)26-17-25-23)20-12-6-3-7-13-20/h2-7,10-13,16-18H,8-9,14-15H2,1H3/t18-/m0/s1. The summed E-state index contributed by atoms with van der Waals surface area (Å²) in [6.45, 7) is 4.44. The normalized spacial score (nSPS) is 17.2. The first-order valence-corrected chi connectivity index (χ1v) is 10.0. The van der Waals surface area contributed by atoms with Crippen LogP contribution in [0.15, 0.2) is 73.2 Å². The number of benzene rings is 2. The lowest BCUT2D eigenvalue weighted by molar-refractivity contribution is 0.445. The third-order valence-electron chi connectivity index (χ3n) is 5.64. The van der Waals surface area contributed by atoms with Crippen molar-refractivity contribution in [2.75, 3.05) is 18.0 Å². The van der Waals surface area contributed by atoms with Crippen LogP contribution in [-0.4, -0.2) is 27.6 Å². The summed E-state index contributed by atoms with van der Waals surface area (Å²) in [5, 5.41) is 1.15. The van der Waals surface area contributed by atoms with Gasteiger partial charge in [0.1, 0.15) is 12.1 Å². The molecule has 1 aliphatic heterocycles. The van der Waals surface area contributed by atoms with Gasteiger partial charge in [0, 0.05) is 30.5 Å². The van der Waals surface area contributed by atoms with Crippen LogP contribution in [0.5, 0.6) is 0 Å². The van der Waals surface area contributed by atoms with Crippen LogP contribution >= 0.6 is 0 Å². The minimum atomic E-state index is 0.690. The molecule has 5 rings (SSSR count). The molecule has 0 unspecified atom stereocenters. The molecule has 0 saturated carbocycles. The number of hydrogen-bond acceptors (Lipinski definition) is 3. The van der Waals surface area contributed by atoms with E-state index in [1.165, 1.54) is 24.0 Å². The molecule has 1 aliphatic rings. The van der Waals surface area contributed by atoms with Crippen LogP contribution < -0.4 is 4.90 Å². The Labute approximate surface area is 165 Å². The van der Waals surface area contributed by atoms with Gasteiger partial charge in [-0.1, -0.05) is 55.5 Å². The van der Waals surface area contributed by atoms with Gasteiger partial charge in [0.15, 0.2) is 5.65 Å². The van der Waals surface area contributed by atoms with E-state index in [4.69, 9.17) is 9.97 Å². The summed E-state index contributed by atoms with van der Waals surface area (Å²) in [6.07, 6.45) is 6.43. The zero-order chi connectivity index (χ0) is 18.9. The number of anilines is 1. The first-order valence-electron chi connectivity index (χ1n) is 10.0. The van der Waals surface area contributed by atoms with Gasteiger partial charge >= 0.3 is 0 Å². The second-order valence-electron chi connectivity index (χ2n) is 7.70. The molecule has 1 saturated heterocycles. The molecule has 0 spiro atoms. The Kier molecular flexibility index (Phi) is 4.32. The highest BCUT2D eigenvalue weighted by Gasteiger charge is 2.23. The lowest BCUT2D eigenvalue weighted by atomic mass is 9.99. The third-order valence-corrected chi connectivity index (χ3v) is 5.64. The van der Waals surface area contributed by atoms with Gasteiger partial charge in [-0.25, -0.2) is 9.97 Å². The van der Waals surface area contributed by atoms with Crippen molar-refractivity contribution in [3.63, 3.8) is 0 Å². The molecule has 140 valence electrons. The number of piperidine rings is 1. The van der Waals surface area contributed by atoms with Gasteiger partial charge in [0.25, 0.3) is 0 Å². The van der Waals surface area contributed by atoms with Crippen molar-refractivity contribution >= 4 is 16.9 Å². The topological polar surface area (TPSA) is 34.0 Å². The highest BCUT2D eigenvalue weighted by atomic mass is 15.2. The van der Waals surface area contributed by atoms with Crippen molar-refractivity contribution in [1.29, 1.82) is 0 Å². The maximum Gasteiger partial charge on any atom is 0.150 e. The van der Waals surface area contributed by atoms with E-state index in [1.807, 2.05) is 6.07 Å². The average Bonchev–Trinajstić information content (AvgIpc) is 3.15. The molecule has 4 nitrogen and oxygen atoms in total. The fourth-order valence-electron chi connectivity index (χ4n) is 4.29. The highest BCUT2D eigenvalue weighted by molar-refractivity contribution is 6.02. The predicted molar refractivity (Wildman–Crippen MR) is 115 cm³/mol. The second-order valence-corrected chi connectivity index (χ2v) is 7.70. The quantitative estimate of drug-likeness (QED) is 0.490. The van der Waals surface area contributed by atoms with Crippen LogP contribution in [0.4, 0.5) is 5.82 Å². The molecule has 4 heteroatoms. The maximum absolute atomic E-state index is 4.76. The molecule has 1 atom stereocenters. The summed E-state index contributed by atoms with van der Waals surface area (Å²) >= 11 is 0. The molecule has 1 fully saturated rings. The zero-order valence-corrected chi connectivity index (χ0v) is 16.1. The number of aromatic nitrogens is 3. The number of para-hydroxylation sites is 1. The Balaban J connectivity index is 1.77. The summed E-state index contributed by atoms with van der Waals surface area (Å²) in [5.74, 6) is 1.75. The van der Waals surface area contributed by atoms with Crippen molar-refractivity contribution in [3.05, 3.63) is 73.2 Å². The Morgan fingerprint density at radius 1 is 0.929 bits per heavy atom.